The molecule has 0 spiro atoms. The van der Waals surface area contributed by atoms with Crippen molar-refractivity contribution in [2.24, 2.45) is 16.6 Å². The van der Waals surface area contributed by atoms with E-state index >= 15 is 0 Å². The van der Waals surface area contributed by atoms with Crippen LogP contribution in [0.3, 0.4) is 0 Å². The van der Waals surface area contributed by atoms with Crippen LogP contribution in [0.4, 0.5) is 5.13 Å². The summed E-state index contributed by atoms with van der Waals surface area (Å²) in [7, 11) is 1.25. The van der Waals surface area contributed by atoms with E-state index in [1.807, 2.05) is 0 Å². The monoisotopic (exact) mass is 511 g/mol. The van der Waals surface area contributed by atoms with Crippen LogP contribution in [0.5, 0.6) is 0 Å². The molecule has 2 aliphatic heterocycles. The normalized spacial score (nSPS) is 20.6. The van der Waals surface area contributed by atoms with Gasteiger partial charge < -0.3 is 32.0 Å². The molecule has 15 heteroatoms. The van der Waals surface area contributed by atoms with Crippen molar-refractivity contribution in [3.63, 3.8) is 0 Å². The van der Waals surface area contributed by atoms with Crippen molar-refractivity contribution < 1.29 is 29.1 Å². The average Bonchev–Trinajstić information content (AvgIpc) is 3.27. The fraction of sp³-hybridized carbons (Fsp3) is 0.474. The van der Waals surface area contributed by atoms with Gasteiger partial charge in [-0.1, -0.05) is 11.6 Å². The van der Waals surface area contributed by atoms with Crippen molar-refractivity contribution in [2.75, 3.05) is 24.7 Å². The highest BCUT2D eigenvalue weighted by Crippen LogP contribution is 2.37. The molecule has 3 atom stereocenters. The van der Waals surface area contributed by atoms with Gasteiger partial charge in [-0.3, -0.25) is 19.3 Å². The Morgan fingerprint density at radius 2 is 2.18 bits per heavy atom. The Morgan fingerprint density at radius 1 is 1.41 bits per heavy atom. The van der Waals surface area contributed by atoms with Crippen molar-refractivity contribution in [3.8, 4) is 0 Å². The first-order valence-corrected chi connectivity index (χ1v) is 12.2. The van der Waals surface area contributed by atoms with Gasteiger partial charge in [-0.05, 0) is 25.5 Å². The molecule has 1 aromatic rings. The summed E-state index contributed by atoms with van der Waals surface area (Å²) >= 11 is 2.40. The maximum absolute atomic E-state index is 12.9. The topological polar surface area (TPSA) is 202 Å². The van der Waals surface area contributed by atoms with Crippen LogP contribution < -0.4 is 22.1 Å². The summed E-state index contributed by atoms with van der Waals surface area (Å²) in [4.78, 5) is 59.1. The number of β-lactam (4-membered cyclic amide) rings is 1. The highest BCUT2D eigenvalue weighted by atomic mass is 32.2. The van der Waals surface area contributed by atoms with E-state index in [4.69, 9.17) is 16.3 Å². The minimum atomic E-state index is -1.21. The Bertz CT molecular complexity index is 1030. The lowest BCUT2D eigenvalue weighted by atomic mass is 10.0. The van der Waals surface area contributed by atoms with Gasteiger partial charge in [0.1, 0.15) is 29.9 Å². The summed E-state index contributed by atoms with van der Waals surface area (Å²) in [6.07, 6.45) is 3.42. The number of carbonyl (C=O) groups excluding carboxylic acids is 3. The molecule has 0 bridgehead atoms. The number of oxime groups is 1. The van der Waals surface area contributed by atoms with Crippen LogP contribution in [0.15, 0.2) is 22.3 Å². The van der Waals surface area contributed by atoms with E-state index in [0.29, 0.717) is 18.7 Å². The number of nitrogens with one attached hydrogen (secondary N) is 2. The number of thiazole rings is 1. The Labute approximate surface area is 202 Å². The molecule has 2 aliphatic rings. The minimum Gasteiger partial charge on any atom is -0.477 e. The van der Waals surface area contributed by atoms with E-state index in [2.05, 4.69) is 20.8 Å². The molecular formula is C19H25N7O6S2. The Balaban J connectivity index is 1.64. The summed E-state index contributed by atoms with van der Waals surface area (Å²) in [6, 6.07) is -1.65. The number of unbranched alkanes of at least 4 members (excludes halogenated alkanes) is 1. The maximum atomic E-state index is 12.9. The Kier molecular flexibility index (Phi) is 8.60. The van der Waals surface area contributed by atoms with Crippen LogP contribution in [0.2, 0.25) is 0 Å². The number of rotatable bonds is 11. The zero-order valence-electron chi connectivity index (χ0n) is 18.2. The number of carboxylic acids is 1. The number of thioether (sulfide) groups is 1. The number of fused-ring (bicyclic) bond motifs is 1. The lowest BCUT2D eigenvalue weighted by Crippen LogP contribution is -2.70. The number of amides is 3. The zero-order chi connectivity index (χ0) is 24.8. The molecular weight excluding hydrogens is 486 g/mol. The van der Waals surface area contributed by atoms with E-state index in [1.54, 1.807) is 0 Å². The molecule has 3 amide bonds. The number of aromatic nitrogens is 1. The predicted octanol–water partition coefficient (Wildman–Crippen LogP) is -0.743. The predicted molar refractivity (Wildman–Crippen MR) is 126 cm³/mol. The number of hydrogen-bond donors (Lipinski definition) is 5. The first-order chi connectivity index (χ1) is 16.3. The van der Waals surface area contributed by atoms with Gasteiger partial charge in [-0.15, -0.1) is 23.1 Å². The number of anilines is 1. The molecule has 3 heterocycles. The summed E-state index contributed by atoms with van der Waals surface area (Å²) in [5, 5.41) is 19.3. The third-order valence-electron chi connectivity index (χ3n) is 5.03. The van der Waals surface area contributed by atoms with Gasteiger partial charge in [0.25, 0.3) is 11.8 Å². The zero-order valence-corrected chi connectivity index (χ0v) is 19.9. The van der Waals surface area contributed by atoms with Crippen LogP contribution in [0, 0.1) is 0 Å². The van der Waals surface area contributed by atoms with Gasteiger partial charge in [0, 0.05) is 11.1 Å². The van der Waals surface area contributed by atoms with Crippen molar-refractivity contribution in [2.45, 2.75) is 36.7 Å². The fourth-order valence-electron chi connectivity index (χ4n) is 3.32. The molecule has 0 aliphatic carbocycles. The average molecular weight is 512 g/mol. The van der Waals surface area contributed by atoms with Crippen LogP contribution in [0.1, 0.15) is 25.0 Å². The Hall–Kier alpha value is -3.01. The number of carboxylic acid groups (broad SMARTS) is 1. The second-order valence-corrected chi connectivity index (χ2v) is 9.33. The summed E-state index contributed by atoms with van der Waals surface area (Å²) in [6.45, 7) is 0.523. The van der Waals surface area contributed by atoms with Gasteiger partial charge in [-0.2, -0.15) is 0 Å². The third kappa shape index (κ3) is 5.55. The molecule has 0 aromatic carbocycles. The molecule has 34 heavy (non-hydrogen) atoms. The number of nitrogens with two attached hydrogens (primary N) is 2. The second-order valence-electron chi connectivity index (χ2n) is 7.32. The molecule has 184 valence electrons. The van der Waals surface area contributed by atoms with Crippen LogP contribution in [-0.4, -0.2) is 81.3 Å². The van der Waals surface area contributed by atoms with E-state index in [9.17, 15) is 24.3 Å². The van der Waals surface area contributed by atoms with Gasteiger partial charge in [0.05, 0.1) is 6.04 Å². The second kappa shape index (κ2) is 11.4. The standard InChI is InChI=1S/C19H25N7O6S2/c1-32-25-12(10-8-34-19(22-10)24-14(27)9(21)4-2-3-6-20)15(28)23-13-16(29)26-11(18(30)31)5-7-33-17(13)26/h5,8-9,13,17H,2-4,6-7,20-21H2,1H3,(H,23,28)(H,30,31)(H,22,24,27)/b25-12-/t9-,13+,17+/m0/s1. The molecule has 0 radical (unpaired) electrons. The lowest BCUT2D eigenvalue weighted by molar-refractivity contribution is -0.150. The number of aliphatic carboxylic acids is 1. The fourth-order valence-corrected chi connectivity index (χ4v) is 5.21. The molecule has 13 nitrogen and oxygen atoms in total. The van der Waals surface area contributed by atoms with E-state index in [-0.39, 0.29) is 22.2 Å². The van der Waals surface area contributed by atoms with Gasteiger partial charge >= 0.3 is 5.97 Å². The van der Waals surface area contributed by atoms with Crippen LogP contribution >= 0.6 is 23.1 Å². The van der Waals surface area contributed by atoms with Crippen LogP contribution in [0.25, 0.3) is 0 Å². The number of nitrogens with zero attached hydrogens (tertiary/aromatic N) is 3. The Morgan fingerprint density at radius 3 is 2.85 bits per heavy atom. The maximum Gasteiger partial charge on any atom is 0.352 e. The first-order valence-electron chi connectivity index (χ1n) is 10.3. The largest absolute Gasteiger partial charge is 0.477 e. The molecule has 0 saturated carbocycles. The smallest absolute Gasteiger partial charge is 0.352 e. The summed E-state index contributed by atoms with van der Waals surface area (Å²) < 4.78 is 0. The number of carbonyl (C=O) groups is 4. The highest BCUT2D eigenvalue weighted by Gasteiger charge is 2.53. The quantitative estimate of drug-likeness (QED) is 0.109. The van der Waals surface area contributed by atoms with Crippen LogP contribution in [-0.2, 0) is 24.0 Å². The molecule has 0 unspecified atom stereocenters. The molecule has 7 N–H and O–H groups in total. The molecule has 1 fully saturated rings. The van der Waals surface area contributed by atoms with Crippen molar-refractivity contribution >= 4 is 57.6 Å². The lowest BCUT2D eigenvalue weighted by Gasteiger charge is -2.48. The molecule has 1 saturated heterocycles. The summed E-state index contributed by atoms with van der Waals surface area (Å²) in [5.74, 6) is -2.49. The highest BCUT2D eigenvalue weighted by molar-refractivity contribution is 8.00. The van der Waals surface area contributed by atoms with Gasteiger partial charge in [-0.25, -0.2) is 9.78 Å². The summed E-state index contributed by atoms with van der Waals surface area (Å²) in [5.41, 5.74) is 11.1. The molecule has 1 aromatic heterocycles. The first kappa shape index (κ1) is 25.6. The van der Waals surface area contributed by atoms with E-state index in [0.717, 1.165) is 29.1 Å². The third-order valence-corrected chi connectivity index (χ3v) is 6.97. The molecule has 3 rings (SSSR count). The van der Waals surface area contributed by atoms with Gasteiger partial charge in [0.15, 0.2) is 10.8 Å². The minimum absolute atomic E-state index is 0.105. The SMILES string of the molecule is CO/N=C(\C(=O)N[C@@H]1C(=O)N2C(C(=O)O)=CCS[C@H]12)c1csc(NC(=O)[C@@H](N)CCCCN)n1. The van der Waals surface area contributed by atoms with E-state index < -0.39 is 41.1 Å². The van der Waals surface area contributed by atoms with E-state index in [1.165, 1.54) is 30.3 Å². The van der Waals surface area contributed by atoms with Gasteiger partial charge in [0.2, 0.25) is 5.91 Å². The van der Waals surface area contributed by atoms with Crippen molar-refractivity contribution in [3.05, 3.63) is 22.8 Å². The number of hydrogen-bond acceptors (Lipinski definition) is 11. The van der Waals surface area contributed by atoms with Crippen molar-refractivity contribution in [1.82, 2.24) is 15.2 Å². The van der Waals surface area contributed by atoms with Crippen molar-refractivity contribution in [1.29, 1.82) is 0 Å².